The minimum Gasteiger partial charge on any atom is -0.292 e. The zero-order valence-electron chi connectivity index (χ0n) is 8.11. The number of halogens is 1. The van der Waals surface area contributed by atoms with E-state index < -0.39 is 0 Å². The summed E-state index contributed by atoms with van der Waals surface area (Å²) in [7, 11) is 1.77. The van der Waals surface area contributed by atoms with Crippen molar-refractivity contribution < 1.29 is 4.79 Å². The van der Waals surface area contributed by atoms with Crippen LogP contribution < -0.4 is 0 Å². The molecule has 3 nitrogen and oxygen atoms in total. The molecule has 0 unspecified atom stereocenters. The molecule has 5 heteroatoms. The largest absolute Gasteiger partial charge is 0.292 e. The van der Waals surface area contributed by atoms with Gasteiger partial charge in [-0.05, 0) is 38.3 Å². The Labute approximate surface area is 99.9 Å². The standard InChI is InChI=1S/C10H9BrN2OS/c1-13-10(8(11)5-12-13)9(14)4-7-2-3-15-6-7/h2-3,5-6H,4H2,1H3. The van der Waals surface area contributed by atoms with Crippen LogP contribution in [-0.4, -0.2) is 15.6 Å². The number of carbonyl (C=O) groups excluding carboxylic acids is 1. The molecule has 0 aromatic carbocycles. The first-order chi connectivity index (χ1) is 7.18. The van der Waals surface area contributed by atoms with Gasteiger partial charge in [0.15, 0.2) is 5.78 Å². The lowest BCUT2D eigenvalue weighted by atomic mass is 10.1. The Hall–Kier alpha value is -0.940. The number of aryl methyl sites for hydroxylation is 1. The van der Waals surface area contributed by atoms with Gasteiger partial charge >= 0.3 is 0 Å². The van der Waals surface area contributed by atoms with Crippen molar-refractivity contribution in [3.05, 3.63) is 38.8 Å². The molecule has 2 aromatic rings. The Bertz CT molecular complexity index is 456. The number of thiophene rings is 1. The lowest BCUT2D eigenvalue weighted by Gasteiger charge is -2.00. The van der Waals surface area contributed by atoms with E-state index in [-0.39, 0.29) is 5.78 Å². The lowest BCUT2D eigenvalue weighted by molar-refractivity contribution is 0.0983. The molecule has 0 aliphatic carbocycles. The van der Waals surface area contributed by atoms with Gasteiger partial charge in [-0.2, -0.15) is 16.4 Å². The number of nitrogens with zero attached hydrogens (tertiary/aromatic N) is 2. The molecule has 0 spiro atoms. The quantitative estimate of drug-likeness (QED) is 0.813. The summed E-state index contributed by atoms with van der Waals surface area (Å²) in [4.78, 5) is 11.9. The highest BCUT2D eigenvalue weighted by atomic mass is 79.9. The van der Waals surface area contributed by atoms with Gasteiger partial charge in [0.05, 0.1) is 10.7 Å². The first kappa shape index (κ1) is 10.6. The summed E-state index contributed by atoms with van der Waals surface area (Å²) in [6.45, 7) is 0. The summed E-state index contributed by atoms with van der Waals surface area (Å²) in [5.74, 6) is 0.0836. The van der Waals surface area contributed by atoms with Gasteiger partial charge in [0, 0.05) is 13.5 Å². The predicted molar refractivity (Wildman–Crippen MR) is 63.3 cm³/mol. The molecule has 0 amide bonds. The number of aromatic nitrogens is 2. The number of Topliss-reactive ketones (excluding diaryl/α,β-unsaturated/α-hetero) is 1. The maximum Gasteiger partial charge on any atom is 0.186 e. The molecule has 0 fully saturated rings. The van der Waals surface area contributed by atoms with Gasteiger partial charge in [0.1, 0.15) is 5.69 Å². The van der Waals surface area contributed by atoms with E-state index in [0.29, 0.717) is 12.1 Å². The second-order valence-corrected chi connectivity index (χ2v) is 4.83. The Morgan fingerprint density at radius 3 is 3.00 bits per heavy atom. The summed E-state index contributed by atoms with van der Waals surface area (Å²) in [6, 6.07) is 1.97. The van der Waals surface area contributed by atoms with Crippen molar-refractivity contribution in [2.24, 2.45) is 7.05 Å². The zero-order valence-corrected chi connectivity index (χ0v) is 10.5. The van der Waals surface area contributed by atoms with E-state index in [1.54, 1.807) is 29.3 Å². The van der Waals surface area contributed by atoms with Crippen LogP contribution in [0.15, 0.2) is 27.5 Å². The molecule has 0 radical (unpaired) electrons. The first-order valence-corrected chi connectivity index (χ1v) is 6.14. The van der Waals surface area contributed by atoms with E-state index in [0.717, 1.165) is 10.0 Å². The van der Waals surface area contributed by atoms with Crippen LogP contribution in [0, 0.1) is 0 Å². The van der Waals surface area contributed by atoms with Crippen LogP contribution in [0.2, 0.25) is 0 Å². The van der Waals surface area contributed by atoms with Crippen molar-refractivity contribution in [3.8, 4) is 0 Å². The van der Waals surface area contributed by atoms with E-state index in [1.807, 2.05) is 16.8 Å². The van der Waals surface area contributed by atoms with Crippen LogP contribution in [0.4, 0.5) is 0 Å². The van der Waals surface area contributed by atoms with Crippen LogP contribution in [0.1, 0.15) is 16.1 Å². The number of hydrogen-bond acceptors (Lipinski definition) is 3. The molecule has 2 aromatic heterocycles. The summed E-state index contributed by atoms with van der Waals surface area (Å²) >= 11 is 4.92. The van der Waals surface area contributed by atoms with Crippen LogP contribution in [0.3, 0.4) is 0 Å². The molecule has 78 valence electrons. The third-order valence-corrected chi connectivity index (χ3v) is 3.42. The summed E-state index contributed by atoms with van der Waals surface area (Å²) < 4.78 is 2.35. The highest BCUT2D eigenvalue weighted by Gasteiger charge is 2.15. The molecule has 2 heterocycles. The molecule has 2 rings (SSSR count). The van der Waals surface area contributed by atoms with Crippen molar-refractivity contribution in [2.75, 3.05) is 0 Å². The van der Waals surface area contributed by atoms with Crippen LogP contribution in [-0.2, 0) is 13.5 Å². The summed E-state index contributed by atoms with van der Waals surface area (Å²) in [5, 5.41) is 7.98. The molecule has 0 saturated heterocycles. The summed E-state index contributed by atoms with van der Waals surface area (Å²) in [5.41, 5.74) is 1.68. The molecule has 0 atom stereocenters. The normalized spacial score (nSPS) is 10.5. The fraction of sp³-hybridized carbons (Fsp3) is 0.200. The monoisotopic (exact) mass is 284 g/mol. The third kappa shape index (κ3) is 2.18. The average Bonchev–Trinajstić information content (AvgIpc) is 2.77. The maximum atomic E-state index is 11.9. The Morgan fingerprint density at radius 1 is 1.67 bits per heavy atom. The molecule has 0 bridgehead atoms. The predicted octanol–water partition coefficient (Wildman–Crippen LogP) is 2.67. The van der Waals surface area contributed by atoms with Gasteiger partial charge < -0.3 is 0 Å². The minimum absolute atomic E-state index is 0.0836. The zero-order chi connectivity index (χ0) is 10.8. The molecule has 0 aliphatic rings. The van der Waals surface area contributed by atoms with Crippen molar-refractivity contribution in [1.82, 2.24) is 9.78 Å². The molecule has 15 heavy (non-hydrogen) atoms. The molecule has 0 N–H and O–H groups in total. The third-order valence-electron chi connectivity index (χ3n) is 2.10. The molecule has 0 aliphatic heterocycles. The number of hydrogen-bond donors (Lipinski definition) is 0. The average molecular weight is 285 g/mol. The fourth-order valence-corrected chi connectivity index (χ4v) is 2.62. The van der Waals surface area contributed by atoms with Crippen molar-refractivity contribution in [2.45, 2.75) is 6.42 Å². The first-order valence-electron chi connectivity index (χ1n) is 4.40. The Morgan fingerprint density at radius 2 is 2.47 bits per heavy atom. The fourth-order valence-electron chi connectivity index (χ4n) is 1.39. The van der Waals surface area contributed by atoms with Crippen LogP contribution >= 0.6 is 27.3 Å². The smallest absolute Gasteiger partial charge is 0.186 e. The Kier molecular flexibility index (Phi) is 3.02. The van der Waals surface area contributed by atoms with Gasteiger partial charge in [0.2, 0.25) is 0 Å². The molecular weight excluding hydrogens is 276 g/mol. The van der Waals surface area contributed by atoms with Crippen molar-refractivity contribution >= 4 is 33.0 Å². The second-order valence-electron chi connectivity index (χ2n) is 3.20. The Balaban J connectivity index is 2.22. The topological polar surface area (TPSA) is 34.9 Å². The van der Waals surface area contributed by atoms with Gasteiger partial charge in [0.25, 0.3) is 0 Å². The van der Waals surface area contributed by atoms with Gasteiger partial charge in [-0.25, -0.2) is 0 Å². The van der Waals surface area contributed by atoms with E-state index in [1.165, 1.54) is 0 Å². The molecule has 0 saturated carbocycles. The van der Waals surface area contributed by atoms with Crippen LogP contribution in [0.5, 0.6) is 0 Å². The van der Waals surface area contributed by atoms with E-state index >= 15 is 0 Å². The van der Waals surface area contributed by atoms with Gasteiger partial charge in [-0.3, -0.25) is 9.48 Å². The highest BCUT2D eigenvalue weighted by molar-refractivity contribution is 9.10. The van der Waals surface area contributed by atoms with E-state index in [9.17, 15) is 4.79 Å². The number of rotatable bonds is 3. The van der Waals surface area contributed by atoms with Crippen molar-refractivity contribution in [3.63, 3.8) is 0 Å². The van der Waals surface area contributed by atoms with Crippen LogP contribution in [0.25, 0.3) is 0 Å². The van der Waals surface area contributed by atoms with Gasteiger partial charge in [-0.15, -0.1) is 0 Å². The van der Waals surface area contributed by atoms with E-state index in [4.69, 9.17) is 0 Å². The maximum absolute atomic E-state index is 11.9. The SMILES string of the molecule is Cn1ncc(Br)c1C(=O)Cc1ccsc1. The number of carbonyl (C=O) groups is 1. The highest BCUT2D eigenvalue weighted by Crippen LogP contribution is 2.18. The minimum atomic E-state index is 0.0836. The number of ketones is 1. The molecular formula is C10H9BrN2OS. The second kappa shape index (κ2) is 4.28. The lowest BCUT2D eigenvalue weighted by Crippen LogP contribution is -2.09. The van der Waals surface area contributed by atoms with Crippen molar-refractivity contribution in [1.29, 1.82) is 0 Å². The summed E-state index contributed by atoms with van der Waals surface area (Å²) in [6.07, 6.45) is 2.07. The van der Waals surface area contributed by atoms with Gasteiger partial charge in [-0.1, -0.05) is 0 Å². The van der Waals surface area contributed by atoms with E-state index in [2.05, 4.69) is 21.0 Å².